The molecule has 0 aromatic rings. The number of ketones is 1. The number of rotatable bonds is 15. The number of alkyl halides is 3. The fourth-order valence-corrected chi connectivity index (χ4v) is 6.51. The lowest BCUT2D eigenvalue weighted by Crippen LogP contribution is -2.60. The Hall–Kier alpha value is -3.21. The van der Waals surface area contributed by atoms with Crippen LogP contribution in [0.2, 0.25) is 0 Å². The first-order valence-corrected chi connectivity index (χ1v) is 18.5. The standard InChI is InChI=1S/C32H53F3N6O7S/c1-8-16-36-28(44)26(42)22(14-15-32(33,34)35)37-27(43)23-17-20(2)18-41(23)29(45)25(21-12-10-9-11-13-21)39-30(46)38-24(31(3,4)5)19-40(6)49(7,47)48/h8,20-25H,1,9-19H2,2-7H3,(H,36,44)(H,37,43)(H2,38,39,46)/t20-,22?,23+,24-,25+/m1/s1. The summed E-state index contributed by atoms with van der Waals surface area (Å²) in [6.45, 7) is 10.7. The van der Waals surface area contributed by atoms with E-state index < -0.39 is 88.2 Å². The summed E-state index contributed by atoms with van der Waals surface area (Å²) < 4.78 is 64.6. The second-order valence-electron chi connectivity index (χ2n) is 14.4. The number of sulfonamides is 1. The van der Waals surface area contributed by atoms with Gasteiger partial charge in [0.2, 0.25) is 27.6 Å². The molecule has 0 aromatic heterocycles. The summed E-state index contributed by atoms with van der Waals surface area (Å²) in [5.41, 5.74) is -0.573. The van der Waals surface area contributed by atoms with Crippen LogP contribution in [0.15, 0.2) is 12.7 Å². The number of hydrogen-bond donors (Lipinski definition) is 4. The van der Waals surface area contributed by atoms with Gasteiger partial charge in [-0.15, -0.1) is 6.58 Å². The minimum Gasteiger partial charge on any atom is -0.346 e. The summed E-state index contributed by atoms with van der Waals surface area (Å²) >= 11 is 0. The number of carbonyl (C=O) groups excluding carboxylic acids is 5. The molecule has 5 amide bonds. The van der Waals surface area contributed by atoms with E-state index in [9.17, 15) is 45.6 Å². The Balaban J connectivity index is 2.34. The van der Waals surface area contributed by atoms with E-state index in [-0.39, 0.29) is 37.9 Å². The predicted molar refractivity (Wildman–Crippen MR) is 177 cm³/mol. The van der Waals surface area contributed by atoms with E-state index in [0.717, 1.165) is 29.8 Å². The van der Waals surface area contributed by atoms with Crippen molar-refractivity contribution in [1.82, 2.24) is 30.5 Å². The number of nitrogens with one attached hydrogen (secondary N) is 4. The third kappa shape index (κ3) is 13.2. The number of Topliss-reactive ketones (excluding diaryl/α,β-unsaturated/α-hetero) is 1. The molecule has 49 heavy (non-hydrogen) atoms. The van der Waals surface area contributed by atoms with Crippen LogP contribution in [0.1, 0.15) is 79.1 Å². The first kappa shape index (κ1) is 42.0. The van der Waals surface area contributed by atoms with Gasteiger partial charge in [0.15, 0.2) is 0 Å². The zero-order chi connectivity index (χ0) is 37.3. The molecule has 4 N–H and O–H groups in total. The highest BCUT2D eigenvalue weighted by Crippen LogP contribution is 2.31. The molecule has 2 aliphatic rings. The lowest BCUT2D eigenvalue weighted by Gasteiger charge is -2.37. The van der Waals surface area contributed by atoms with Crippen LogP contribution in [0, 0.1) is 17.3 Å². The predicted octanol–water partition coefficient (Wildman–Crippen LogP) is 2.48. The van der Waals surface area contributed by atoms with Gasteiger partial charge < -0.3 is 26.2 Å². The molecule has 0 spiro atoms. The van der Waals surface area contributed by atoms with Gasteiger partial charge in [-0.2, -0.15) is 13.2 Å². The van der Waals surface area contributed by atoms with Crippen LogP contribution >= 0.6 is 0 Å². The number of nitrogens with zero attached hydrogens (tertiary/aromatic N) is 2. The van der Waals surface area contributed by atoms with Crippen molar-refractivity contribution in [2.45, 2.75) is 109 Å². The SMILES string of the molecule is C=CCNC(=O)C(=O)C(CCC(F)(F)F)NC(=O)[C@@H]1C[C@@H](C)CN1C(=O)[C@@H](NC(=O)N[C@H](CN(C)S(C)(=O)=O)C(C)(C)C)C1CCCCC1. The van der Waals surface area contributed by atoms with E-state index in [4.69, 9.17) is 0 Å². The van der Waals surface area contributed by atoms with Gasteiger partial charge in [-0.05, 0) is 42.9 Å². The van der Waals surface area contributed by atoms with Crippen LogP contribution in [0.4, 0.5) is 18.0 Å². The van der Waals surface area contributed by atoms with Crippen LogP contribution in [0.5, 0.6) is 0 Å². The Bertz CT molecular complexity index is 1310. The minimum atomic E-state index is -4.66. The number of hydrogen-bond acceptors (Lipinski definition) is 7. The largest absolute Gasteiger partial charge is 0.389 e. The van der Waals surface area contributed by atoms with Gasteiger partial charge >= 0.3 is 12.2 Å². The molecule has 0 bridgehead atoms. The van der Waals surface area contributed by atoms with Crippen molar-refractivity contribution < 1.29 is 45.6 Å². The van der Waals surface area contributed by atoms with E-state index in [1.807, 2.05) is 20.8 Å². The molecule has 1 aliphatic carbocycles. The molecular weight excluding hydrogens is 669 g/mol. The van der Waals surface area contributed by atoms with Crippen LogP contribution in [0.25, 0.3) is 0 Å². The molecule has 280 valence electrons. The maximum absolute atomic E-state index is 14.3. The average molecular weight is 723 g/mol. The highest BCUT2D eigenvalue weighted by atomic mass is 32.2. The number of urea groups is 1. The molecule has 0 aromatic carbocycles. The first-order valence-electron chi connectivity index (χ1n) is 16.6. The second-order valence-corrected chi connectivity index (χ2v) is 16.5. The average Bonchev–Trinajstić information content (AvgIpc) is 3.40. The molecule has 5 atom stereocenters. The van der Waals surface area contributed by atoms with Crippen molar-refractivity contribution in [3.63, 3.8) is 0 Å². The minimum absolute atomic E-state index is 0.0243. The molecule has 1 aliphatic heterocycles. The van der Waals surface area contributed by atoms with E-state index >= 15 is 0 Å². The van der Waals surface area contributed by atoms with Crippen LogP contribution < -0.4 is 21.3 Å². The summed E-state index contributed by atoms with van der Waals surface area (Å²) in [6.07, 6.45) is -0.627. The highest BCUT2D eigenvalue weighted by molar-refractivity contribution is 7.88. The zero-order valence-electron chi connectivity index (χ0n) is 29.3. The Morgan fingerprint density at radius 2 is 1.63 bits per heavy atom. The lowest BCUT2D eigenvalue weighted by atomic mass is 9.83. The van der Waals surface area contributed by atoms with Gasteiger partial charge in [-0.25, -0.2) is 17.5 Å². The van der Waals surface area contributed by atoms with E-state index in [0.29, 0.717) is 12.8 Å². The molecule has 1 saturated carbocycles. The lowest BCUT2D eigenvalue weighted by molar-refractivity contribution is -0.147. The molecule has 2 fully saturated rings. The fraction of sp³-hybridized carbons (Fsp3) is 0.781. The summed E-state index contributed by atoms with van der Waals surface area (Å²) in [4.78, 5) is 67.8. The van der Waals surface area contributed by atoms with Crippen molar-refractivity contribution in [2.24, 2.45) is 17.3 Å². The number of amides is 5. The fourth-order valence-electron chi connectivity index (χ4n) is 6.09. The third-order valence-electron chi connectivity index (χ3n) is 9.11. The topological polar surface area (TPSA) is 174 Å². The number of halogens is 3. The van der Waals surface area contributed by atoms with E-state index in [1.54, 1.807) is 6.92 Å². The summed E-state index contributed by atoms with van der Waals surface area (Å²) in [7, 11) is -2.15. The van der Waals surface area contributed by atoms with Crippen molar-refractivity contribution in [3.05, 3.63) is 12.7 Å². The summed E-state index contributed by atoms with van der Waals surface area (Å²) in [6, 6.07) is -5.34. The van der Waals surface area contributed by atoms with E-state index in [2.05, 4.69) is 27.8 Å². The van der Waals surface area contributed by atoms with Gasteiger partial charge in [-0.3, -0.25) is 19.2 Å². The van der Waals surface area contributed by atoms with Crippen molar-refractivity contribution in [1.29, 1.82) is 0 Å². The maximum atomic E-state index is 14.3. The van der Waals surface area contributed by atoms with Crippen molar-refractivity contribution in [2.75, 3.05) is 32.9 Å². The Kier molecular flexibility index (Phi) is 15.1. The highest BCUT2D eigenvalue weighted by Gasteiger charge is 2.44. The van der Waals surface area contributed by atoms with Gasteiger partial charge in [-0.1, -0.05) is 53.0 Å². The Labute approximate surface area is 287 Å². The Morgan fingerprint density at radius 1 is 1.02 bits per heavy atom. The van der Waals surface area contributed by atoms with Crippen molar-refractivity contribution in [3.8, 4) is 0 Å². The van der Waals surface area contributed by atoms with Crippen LogP contribution in [-0.2, 0) is 29.2 Å². The first-order chi connectivity index (χ1) is 22.5. The monoisotopic (exact) mass is 722 g/mol. The molecule has 17 heteroatoms. The quantitative estimate of drug-likeness (QED) is 0.148. The van der Waals surface area contributed by atoms with Gasteiger partial charge in [0.05, 0.1) is 12.3 Å². The molecule has 1 saturated heterocycles. The molecular formula is C32H53F3N6O7S. The summed E-state index contributed by atoms with van der Waals surface area (Å²) in [5, 5.41) is 10.1. The third-order valence-corrected chi connectivity index (χ3v) is 10.4. The van der Waals surface area contributed by atoms with Crippen LogP contribution in [-0.4, -0.2) is 110 Å². The van der Waals surface area contributed by atoms with Crippen molar-refractivity contribution >= 4 is 39.6 Å². The van der Waals surface area contributed by atoms with Gasteiger partial charge in [0, 0.05) is 39.1 Å². The molecule has 2 rings (SSSR count). The zero-order valence-corrected chi connectivity index (χ0v) is 30.1. The molecule has 1 unspecified atom stereocenters. The molecule has 1 heterocycles. The van der Waals surface area contributed by atoms with E-state index in [1.165, 1.54) is 18.0 Å². The second kappa shape index (κ2) is 17.6. The summed E-state index contributed by atoms with van der Waals surface area (Å²) in [5.74, 6) is -4.32. The Morgan fingerprint density at radius 3 is 2.16 bits per heavy atom. The van der Waals surface area contributed by atoms with Gasteiger partial charge in [0.25, 0.3) is 5.91 Å². The number of likely N-dealkylation sites (tertiary alicyclic amines) is 1. The normalized spacial score (nSPS) is 21.0. The molecule has 13 nitrogen and oxygen atoms in total. The van der Waals surface area contributed by atoms with Gasteiger partial charge in [0.1, 0.15) is 12.1 Å². The number of likely N-dealkylation sites (N-methyl/N-ethyl adjacent to an activating group) is 1. The van der Waals surface area contributed by atoms with Crippen LogP contribution in [0.3, 0.4) is 0 Å². The smallest absolute Gasteiger partial charge is 0.346 e. The number of carbonyl (C=O) groups is 5. The maximum Gasteiger partial charge on any atom is 0.389 e. The molecule has 0 radical (unpaired) electrons.